The molecule has 24 heavy (non-hydrogen) atoms. The van der Waals surface area contributed by atoms with Gasteiger partial charge in [0, 0.05) is 25.8 Å². The highest BCUT2D eigenvalue weighted by Crippen LogP contribution is 2.28. The lowest BCUT2D eigenvalue weighted by atomic mass is 10.1. The van der Waals surface area contributed by atoms with Crippen molar-refractivity contribution in [2.45, 2.75) is 19.5 Å². The van der Waals surface area contributed by atoms with Crippen molar-refractivity contribution >= 4 is 5.91 Å². The lowest BCUT2D eigenvalue weighted by Gasteiger charge is -2.28. The summed E-state index contributed by atoms with van der Waals surface area (Å²) in [7, 11) is 3.25. The highest BCUT2D eigenvalue weighted by atomic mass is 16.5. The third kappa shape index (κ3) is 3.30. The summed E-state index contributed by atoms with van der Waals surface area (Å²) in [5.41, 5.74) is 8.33. The second-order valence-electron chi connectivity index (χ2n) is 5.68. The summed E-state index contributed by atoms with van der Waals surface area (Å²) < 4.78 is 10.6. The second-order valence-corrected chi connectivity index (χ2v) is 5.68. The number of carbonyl (C=O) groups excluding carboxylic acids is 1. The van der Waals surface area contributed by atoms with Crippen molar-refractivity contribution < 1.29 is 14.3 Å². The first-order chi connectivity index (χ1) is 11.6. The molecule has 0 fully saturated rings. The van der Waals surface area contributed by atoms with Crippen LogP contribution in [0.25, 0.3) is 0 Å². The normalized spacial score (nSPS) is 14.1. The van der Waals surface area contributed by atoms with Crippen LogP contribution in [0.3, 0.4) is 0 Å². The Morgan fingerprint density at radius 2 is 2.08 bits per heavy atom. The Balaban J connectivity index is 1.76. The molecule has 1 aromatic heterocycles. The Hall–Kier alpha value is -2.67. The number of rotatable bonds is 5. The summed E-state index contributed by atoms with van der Waals surface area (Å²) >= 11 is 0. The number of methoxy groups -OCH3 is 2. The molecule has 0 atom stereocenters. The van der Waals surface area contributed by atoms with E-state index in [0.29, 0.717) is 18.0 Å². The molecule has 0 bridgehead atoms. The highest BCUT2D eigenvalue weighted by molar-refractivity contribution is 5.88. The summed E-state index contributed by atoms with van der Waals surface area (Å²) in [4.78, 5) is 21.8. The third-order valence-corrected chi connectivity index (χ3v) is 4.10. The minimum Gasteiger partial charge on any atom is -0.493 e. The molecule has 7 nitrogen and oxygen atoms in total. The van der Waals surface area contributed by atoms with Gasteiger partial charge in [-0.1, -0.05) is 6.07 Å². The number of fused-ring (bicyclic) bond motifs is 1. The van der Waals surface area contributed by atoms with Gasteiger partial charge in [0.2, 0.25) is 5.82 Å². The maximum Gasteiger partial charge on any atom is 0.286 e. The van der Waals surface area contributed by atoms with Crippen LogP contribution in [0.4, 0.5) is 0 Å². The lowest BCUT2D eigenvalue weighted by Crippen LogP contribution is -2.32. The van der Waals surface area contributed by atoms with Crippen LogP contribution >= 0.6 is 0 Å². The van der Waals surface area contributed by atoms with E-state index in [9.17, 15) is 4.79 Å². The molecule has 0 saturated carbocycles. The van der Waals surface area contributed by atoms with E-state index in [1.807, 2.05) is 18.2 Å². The average molecular weight is 328 g/mol. The Labute approximate surface area is 140 Å². The molecule has 126 valence electrons. The topological polar surface area (TPSA) is 90.6 Å². The number of nitrogens with zero attached hydrogens (tertiary/aromatic N) is 3. The van der Waals surface area contributed by atoms with Gasteiger partial charge in [-0.15, -0.1) is 0 Å². The Morgan fingerprint density at radius 1 is 1.29 bits per heavy atom. The van der Waals surface area contributed by atoms with Crippen molar-refractivity contribution in [1.82, 2.24) is 14.9 Å². The number of ether oxygens (including phenoxy) is 2. The van der Waals surface area contributed by atoms with E-state index in [1.165, 1.54) is 0 Å². The molecular formula is C17H20N4O3. The number of amides is 1. The van der Waals surface area contributed by atoms with Gasteiger partial charge in [0.25, 0.3) is 5.91 Å². The molecule has 0 unspecified atom stereocenters. The van der Waals surface area contributed by atoms with Gasteiger partial charge in [-0.05, 0) is 29.7 Å². The Morgan fingerprint density at radius 3 is 2.79 bits per heavy atom. The molecular weight excluding hydrogens is 308 g/mol. The molecule has 1 aliphatic heterocycles. The van der Waals surface area contributed by atoms with Gasteiger partial charge in [0.1, 0.15) is 0 Å². The van der Waals surface area contributed by atoms with Crippen LogP contribution < -0.4 is 15.2 Å². The molecule has 2 N–H and O–H groups in total. The van der Waals surface area contributed by atoms with Crippen molar-refractivity contribution in [2.75, 3.05) is 20.8 Å². The summed E-state index contributed by atoms with van der Waals surface area (Å²) in [6.45, 7) is 2.32. The number of nitrogens with two attached hydrogens (primary N) is 1. The first-order valence-corrected chi connectivity index (χ1v) is 7.68. The smallest absolute Gasteiger partial charge is 0.286 e. The zero-order valence-electron chi connectivity index (χ0n) is 13.8. The molecule has 2 aromatic rings. The molecule has 2 heterocycles. The molecule has 7 heteroatoms. The van der Waals surface area contributed by atoms with Crippen molar-refractivity contribution in [2.24, 2.45) is 5.73 Å². The molecule has 1 aromatic carbocycles. The third-order valence-electron chi connectivity index (χ3n) is 4.10. The van der Waals surface area contributed by atoms with Crippen LogP contribution in [-0.4, -0.2) is 41.5 Å². The van der Waals surface area contributed by atoms with Crippen molar-refractivity contribution in [3.05, 3.63) is 47.0 Å². The summed E-state index contributed by atoms with van der Waals surface area (Å²) in [5, 5.41) is 0. The van der Waals surface area contributed by atoms with Crippen LogP contribution in [0.2, 0.25) is 0 Å². The van der Waals surface area contributed by atoms with E-state index in [1.54, 1.807) is 20.4 Å². The molecule has 1 amide bonds. The van der Waals surface area contributed by atoms with Gasteiger partial charge in [-0.25, -0.2) is 9.97 Å². The standard InChI is InChI=1S/C17H20N4O3/c1-23-14-4-3-11(7-15(14)24-2)9-21-6-5-12-8-19-17(16(18)22)20-13(12)10-21/h3-4,7-8H,5-6,9-10H2,1-2H3,(H2,18,22). The van der Waals surface area contributed by atoms with Gasteiger partial charge >= 0.3 is 0 Å². The minimum absolute atomic E-state index is 0.0710. The number of carbonyl (C=O) groups is 1. The van der Waals surface area contributed by atoms with E-state index >= 15 is 0 Å². The summed E-state index contributed by atoms with van der Waals surface area (Å²) in [5.74, 6) is 0.895. The van der Waals surface area contributed by atoms with Crippen LogP contribution in [-0.2, 0) is 19.5 Å². The van der Waals surface area contributed by atoms with Crippen LogP contribution in [0.1, 0.15) is 27.4 Å². The lowest BCUT2D eigenvalue weighted by molar-refractivity contribution is 0.0989. The van der Waals surface area contributed by atoms with Gasteiger partial charge < -0.3 is 15.2 Å². The van der Waals surface area contributed by atoms with Gasteiger partial charge in [0.15, 0.2) is 11.5 Å². The SMILES string of the molecule is COc1ccc(CN2CCc3cnc(C(N)=O)nc3C2)cc1OC. The number of benzene rings is 1. The molecule has 0 spiro atoms. The quantitative estimate of drug-likeness (QED) is 0.885. The van der Waals surface area contributed by atoms with Crippen LogP contribution in [0.15, 0.2) is 24.4 Å². The zero-order valence-corrected chi connectivity index (χ0v) is 13.8. The summed E-state index contributed by atoms with van der Waals surface area (Å²) in [6.07, 6.45) is 2.55. The fraction of sp³-hybridized carbons (Fsp3) is 0.353. The molecule has 0 radical (unpaired) electrons. The van der Waals surface area contributed by atoms with Crippen molar-refractivity contribution in [1.29, 1.82) is 0 Å². The molecule has 0 aliphatic carbocycles. The number of aromatic nitrogens is 2. The number of hydrogen-bond donors (Lipinski definition) is 1. The monoisotopic (exact) mass is 328 g/mol. The fourth-order valence-corrected chi connectivity index (χ4v) is 2.85. The van der Waals surface area contributed by atoms with E-state index in [0.717, 1.165) is 36.3 Å². The zero-order chi connectivity index (χ0) is 17.1. The maximum absolute atomic E-state index is 11.2. The minimum atomic E-state index is -0.602. The van der Waals surface area contributed by atoms with E-state index in [4.69, 9.17) is 15.2 Å². The first kappa shape index (κ1) is 16.2. The van der Waals surface area contributed by atoms with Crippen LogP contribution in [0, 0.1) is 0 Å². The fourth-order valence-electron chi connectivity index (χ4n) is 2.85. The van der Waals surface area contributed by atoms with E-state index < -0.39 is 5.91 Å². The molecule has 0 saturated heterocycles. The Kier molecular flexibility index (Phi) is 4.61. The van der Waals surface area contributed by atoms with Crippen LogP contribution in [0.5, 0.6) is 11.5 Å². The van der Waals surface area contributed by atoms with Crippen molar-refractivity contribution in [3.63, 3.8) is 0 Å². The van der Waals surface area contributed by atoms with Gasteiger partial charge in [-0.3, -0.25) is 9.69 Å². The van der Waals surface area contributed by atoms with Gasteiger partial charge in [0.05, 0.1) is 19.9 Å². The van der Waals surface area contributed by atoms with E-state index in [2.05, 4.69) is 14.9 Å². The first-order valence-electron chi connectivity index (χ1n) is 7.68. The highest BCUT2D eigenvalue weighted by Gasteiger charge is 2.20. The van der Waals surface area contributed by atoms with Crippen molar-refractivity contribution in [3.8, 4) is 11.5 Å². The molecule has 3 rings (SSSR count). The second kappa shape index (κ2) is 6.84. The van der Waals surface area contributed by atoms with Gasteiger partial charge in [-0.2, -0.15) is 0 Å². The number of hydrogen-bond acceptors (Lipinski definition) is 6. The predicted octanol–water partition coefficient (Wildman–Crippen LogP) is 1.15. The van der Waals surface area contributed by atoms with E-state index in [-0.39, 0.29) is 5.82 Å². The number of primary amides is 1. The maximum atomic E-state index is 11.2. The summed E-state index contributed by atoms with van der Waals surface area (Å²) in [6, 6.07) is 5.90. The largest absolute Gasteiger partial charge is 0.493 e. The predicted molar refractivity (Wildman–Crippen MR) is 87.9 cm³/mol. The average Bonchev–Trinajstić information content (AvgIpc) is 2.60. The molecule has 1 aliphatic rings. The Bertz CT molecular complexity index is 763.